The molecule has 2 aromatic rings. The predicted molar refractivity (Wildman–Crippen MR) is 158 cm³/mol. The molecule has 43 heavy (non-hydrogen) atoms. The number of aryl methyl sites for hydroxylation is 1. The van der Waals surface area contributed by atoms with Gasteiger partial charge in [0.2, 0.25) is 0 Å². The third kappa shape index (κ3) is 7.04. The number of halogens is 4. The predicted octanol–water partition coefficient (Wildman–Crippen LogP) is 7.32. The van der Waals surface area contributed by atoms with E-state index < -0.39 is 35.2 Å². The Balaban J connectivity index is 1.65. The Bertz CT molecular complexity index is 1390. The van der Waals surface area contributed by atoms with E-state index in [1.165, 1.54) is 14.2 Å². The first kappa shape index (κ1) is 32.5. The molecule has 2 aromatic carbocycles. The molecule has 14 heteroatoms. The highest BCUT2D eigenvalue weighted by atomic mass is 35.5. The zero-order valence-corrected chi connectivity index (χ0v) is 25.5. The lowest BCUT2D eigenvalue weighted by atomic mass is 9.70. The van der Waals surface area contributed by atoms with Crippen molar-refractivity contribution < 1.29 is 37.0 Å². The Morgan fingerprint density at radius 3 is 2.49 bits per heavy atom. The van der Waals surface area contributed by atoms with Crippen molar-refractivity contribution in [1.82, 2.24) is 9.31 Å². The van der Waals surface area contributed by atoms with Crippen molar-refractivity contribution in [3.05, 3.63) is 64.2 Å². The van der Waals surface area contributed by atoms with Gasteiger partial charge in [0, 0.05) is 17.6 Å². The zero-order chi connectivity index (χ0) is 31.4. The van der Waals surface area contributed by atoms with E-state index in [-0.39, 0.29) is 18.8 Å². The molecule has 0 radical (unpaired) electrons. The summed E-state index contributed by atoms with van der Waals surface area (Å²) in [6, 6.07) is 8.32. The molecule has 0 bridgehead atoms. The molecule has 4 rings (SSSR count). The van der Waals surface area contributed by atoms with Crippen molar-refractivity contribution >= 4 is 53.2 Å². The fourth-order valence-electron chi connectivity index (χ4n) is 5.03. The van der Waals surface area contributed by atoms with E-state index in [4.69, 9.17) is 21.1 Å². The van der Waals surface area contributed by atoms with Gasteiger partial charge in [-0.05, 0) is 61.2 Å². The number of fused-ring (bicyclic) bond motifs is 3. The minimum Gasteiger partial charge on any atom is -0.468 e. The first-order chi connectivity index (χ1) is 20.4. The molecule has 232 valence electrons. The molecule has 2 aliphatic rings. The number of benzene rings is 2. The number of esters is 1. The molecule has 1 aliphatic heterocycles. The molecular formula is C29H32ClF3N4O5S. The number of nitrogens with zero attached hydrogens (tertiary/aromatic N) is 4. The number of anilines is 1. The van der Waals surface area contributed by atoms with Crippen LogP contribution in [-0.4, -0.2) is 60.4 Å². The van der Waals surface area contributed by atoms with E-state index in [0.29, 0.717) is 47.7 Å². The topological polar surface area (TPSA) is 91.8 Å². The summed E-state index contributed by atoms with van der Waals surface area (Å²) < 4.78 is 52.4. The van der Waals surface area contributed by atoms with Gasteiger partial charge in [-0.25, -0.2) is 23.2 Å². The number of unbranched alkanes of at least 4 members (excludes halogenated alkanes) is 3. The van der Waals surface area contributed by atoms with Crippen LogP contribution in [0.5, 0.6) is 0 Å². The first-order valence-corrected chi connectivity index (χ1v) is 14.9. The lowest BCUT2D eigenvalue weighted by Gasteiger charge is -2.33. The van der Waals surface area contributed by atoms with Crippen LogP contribution in [0.3, 0.4) is 0 Å². The monoisotopic (exact) mass is 640 g/mol. The van der Waals surface area contributed by atoms with Gasteiger partial charge in [0.25, 0.3) is 0 Å². The molecule has 1 atom stereocenters. The normalized spacial score (nSPS) is 17.5. The summed E-state index contributed by atoms with van der Waals surface area (Å²) >= 11 is 6.81. The minimum absolute atomic E-state index is 0.0555. The Labute approximate surface area is 257 Å². The molecule has 1 heterocycles. The van der Waals surface area contributed by atoms with Crippen molar-refractivity contribution in [1.29, 1.82) is 0 Å². The van der Waals surface area contributed by atoms with E-state index in [1.54, 1.807) is 18.2 Å². The van der Waals surface area contributed by atoms with E-state index in [9.17, 15) is 27.6 Å². The molecule has 0 N–H and O–H groups in total. The number of carbonyl (C=O) groups is 3. The number of rotatable bonds is 9. The molecule has 0 spiro atoms. The molecule has 1 unspecified atom stereocenters. The van der Waals surface area contributed by atoms with Crippen LogP contribution in [0.2, 0.25) is 5.02 Å². The number of hydrazone groups is 1. The van der Waals surface area contributed by atoms with Crippen LogP contribution < -0.4 is 4.31 Å². The van der Waals surface area contributed by atoms with Crippen molar-refractivity contribution in [3.63, 3.8) is 0 Å². The van der Waals surface area contributed by atoms with Gasteiger partial charge >= 0.3 is 24.3 Å². The van der Waals surface area contributed by atoms with E-state index >= 15 is 0 Å². The largest absolute Gasteiger partial charge is 0.468 e. The highest BCUT2D eigenvalue weighted by molar-refractivity contribution is 7.99. The van der Waals surface area contributed by atoms with Gasteiger partial charge in [0.1, 0.15) is 5.41 Å². The van der Waals surface area contributed by atoms with Crippen molar-refractivity contribution in [3.8, 4) is 0 Å². The second-order valence-electron chi connectivity index (χ2n) is 10.3. The maximum Gasteiger partial charge on any atom is 0.420 e. The Morgan fingerprint density at radius 1 is 1.12 bits per heavy atom. The molecule has 3 amide bonds. The van der Waals surface area contributed by atoms with Crippen molar-refractivity contribution in [2.24, 2.45) is 10.5 Å². The number of hydrogen-bond acceptors (Lipinski definition) is 7. The number of alkyl halides is 3. The van der Waals surface area contributed by atoms with Crippen molar-refractivity contribution in [2.45, 2.75) is 51.6 Å². The number of hydrogen-bond donors (Lipinski definition) is 0. The highest BCUT2D eigenvalue weighted by Crippen LogP contribution is 2.43. The maximum absolute atomic E-state index is 14.0. The number of ether oxygens (including phenoxy) is 2. The second-order valence-corrected chi connectivity index (χ2v) is 11.8. The summed E-state index contributed by atoms with van der Waals surface area (Å²) in [6.45, 7) is 2.08. The first-order valence-electron chi connectivity index (χ1n) is 13.7. The lowest BCUT2D eigenvalue weighted by Crippen LogP contribution is -2.47. The average Bonchev–Trinajstić information content (AvgIpc) is 3.40. The maximum atomic E-state index is 14.0. The Hall–Kier alpha value is -3.45. The zero-order valence-electron chi connectivity index (χ0n) is 23.9. The summed E-state index contributed by atoms with van der Waals surface area (Å²) in [5.41, 5.74) is -0.265. The number of amides is 3. The molecule has 0 saturated heterocycles. The summed E-state index contributed by atoms with van der Waals surface area (Å²) in [6.07, 6.45) is -0.949. The molecule has 9 nitrogen and oxygen atoms in total. The minimum atomic E-state index is -4.58. The molecule has 0 fully saturated rings. The van der Waals surface area contributed by atoms with E-state index in [0.717, 1.165) is 62.7 Å². The molecular weight excluding hydrogens is 609 g/mol. The van der Waals surface area contributed by atoms with E-state index in [1.807, 2.05) is 0 Å². The summed E-state index contributed by atoms with van der Waals surface area (Å²) in [4.78, 5) is 39.9. The van der Waals surface area contributed by atoms with Crippen LogP contribution >= 0.6 is 23.7 Å². The third-order valence-corrected chi connectivity index (χ3v) is 8.48. The lowest BCUT2D eigenvalue weighted by molar-refractivity contribution is -0.149. The van der Waals surface area contributed by atoms with Crippen molar-refractivity contribution in [2.75, 3.05) is 31.6 Å². The van der Waals surface area contributed by atoms with Gasteiger partial charge in [0.05, 0.1) is 49.4 Å². The van der Waals surface area contributed by atoms with Crippen LogP contribution in [-0.2, 0) is 26.9 Å². The van der Waals surface area contributed by atoms with Crippen LogP contribution in [0.15, 0.2) is 47.6 Å². The van der Waals surface area contributed by atoms with Crippen LogP contribution in [0.25, 0.3) is 0 Å². The van der Waals surface area contributed by atoms with E-state index in [2.05, 4.69) is 12.0 Å². The standard InChI is InChI=1S/C29H32ClF3N4O5S/c1-4-5-6-7-16-42-27(40)35(2)43-37(22-11-8-20(9-12-22)29(31,32)33)26(39)36-18-28(25(38)41-3)15-14-19-17-21(30)10-13-23(19)24(28)34-36/h8-13,17H,4-7,14-16,18H2,1-3H3. The number of urea groups is 1. The van der Waals surface area contributed by atoms with Gasteiger partial charge < -0.3 is 9.47 Å². The SMILES string of the molecule is CCCCCCOC(=O)N(C)SN(C(=O)N1CC2(C(=O)OC)CCc3cc(Cl)ccc3C2=N1)c1ccc(C(F)(F)F)cc1. The fraction of sp³-hybridized carbons (Fsp3) is 0.448. The fourth-order valence-corrected chi connectivity index (χ4v) is 5.97. The highest BCUT2D eigenvalue weighted by Gasteiger charge is 2.54. The van der Waals surface area contributed by atoms with Crippen LogP contribution in [0, 0.1) is 5.41 Å². The number of methoxy groups -OCH3 is 1. The smallest absolute Gasteiger partial charge is 0.420 e. The van der Waals surface area contributed by atoms with Crippen LogP contribution in [0.4, 0.5) is 28.4 Å². The second kappa shape index (κ2) is 13.5. The molecule has 1 aliphatic carbocycles. The Morgan fingerprint density at radius 2 is 1.84 bits per heavy atom. The van der Waals surface area contributed by atoms with Gasteiger partial charge in [-0.1, -0.05) is 43.9 Å². The summed E-state index contributed by atoms with van der Waals surface area (Å²) in [7, 11) is 2.64. The molecule has 0 aromatic heterocycles. The summed E-state index contributed by atoms with van der Waals surface area (Å²) in [5, 5.41) is 6.13. The molecule has 0 saturated carbocycles. The average molecular weight is 641 g/mol. The van der Waals surface area contributed by atoms with Gasteiger partial charge in [-0.2, -0.15) is 18.3 Å². The third-order valence-electron chi connectivity index (χ3n) is 7.32. The number of carbonyl (C=O) groups excluding carboxylic acids is 3. The van der Waals surface area contributed by atoms with Gasteiger partial charge in [-0.15, -0.1) is 0 Å². The van der Waals surface area contributed by atoms with Gasteiger partial charge in [0.15, 0.2) is 0 Å². The van der Waals surface area contributed by atoms with Gasteiger partial charge in [-0.3, -0.25) is 4.79 Å². The Kier molecular flexibility index (Phi) is 10.2. The summed E-state index contributed by atoms with van der Waals surface area (Å²) in [5.74, 6) is -0.570. The quantitative estimate of drug-likeness (QED) is 0.162. The van der Waals surface area contributed by atoms with Crippen LogP contribution in [0.1, 0.15) is 55.7 Å².